The van der Waals surface area contributed by atoms with Crippen LogP contribution in [-0.4, -0.2) is 13.2 Å². The van der Waals surface area contributed by atoms with Crippen LogP contribution in [0, 0.1) is 0 Å². The standard InChI is InChI=1S/C12H25O2PS/c1-3-5-7-8-9-10-12-14-15(16)13-11-6-4-2/h4,16H,2-3,5-12H2,1H3. The van der Waals surface area contributed by atoms with E-state index in [1.54, 1.807) is 0 Å². The molecule has 0 N–H and O–H groups in total. The Balaban J connectivity index is 3.08. The minimum Gasteiger partial charge on any atom is -0.326 e. The molecule has 2 nitrogen and oxygen atoms in total. The van der Waals surface area contributed by atoms with Gasteiger partial charge in [0.05, 0.1) is 13.2 Å². The van der Waals surface area contributed by atoms with Gasteiger partial charge in [-0.1, -0.05) is 57.4 Å². The van der Waals surface area contributed by atoms with E-state index in [1.165, 1.54) is 32.1 Å². The predicted octanol–water partition coefficient (Wildman–Crippen LogP) is 5.11. The third-order valence-electron chi connectivity index (χ3n) is 2.22. The van der Waals surface area contributed by atoms with Crippen LogP contribution in [0.1, 0.15) is 51.9 Å². The summed E-state index contributed by atoms with van der Waals surface area (Å²) in [4.78, 5) is 0. The van der Waals surface area contributed by atoms with Gasteiger partial charge in [-0.3, -0.25) is 0 Å². The highest BCUT2D eigenvalue weighted by Crippen LogP contribution is 2.43. The second-order valence-electron chi connectivity index (χ2n) is 3.75. The lowest BCUT2D eigenvalue weighted by molar-refractivity contribution is 0.260. The van der Waals surface area contributed by atoms with Crippen LogP contribution in [0.25, 0.3) is 0 Å². The van der Waals surface area contributed by atoms with Gasteiger partial charge in [0.1, 0.15) is 0 Å². The number of unbranched alkanes of at least 4 members (excludes halogenated alkanes) is 5. The SMILES string of the molecule is C=CCCOP(S)OCCCCCCCC. The highest BCUT2D eigenvalue weighted by atomic mass is 32.7. The van der Waals surface area contributed by atoms with Crippen molar-refractivity contribution in [3.8, 4) is 0 Å². The molecule has 0 spiro atoms. The summed E-state index contributed by atoms with van der Waals surface area (Å²) in [7, 11) is -0.973. The van der Waals surface area contributed by atoms with E-state index in [9.17, 15) is 0 Å². The first-order valence-electron chi connectivity index (χ1n) is 6.17. The van der Waals surface area contributed by atoms with Gasteiger partial charge >= 0.3 is 0 Å². The molecule has 0 saturated heterocycles. The topological polar surface area (TPSA) is 18.5 Å². The first-order valence-corrected chi connectivity index (χ1v) is 8.50. The maximum Gasteiger partial charge on any atom is 0.234 e. The zero-order valence-electron chi connectivity index (χ0n) is 10.4. The molecule has 0 aromatic carbocycles. The van der Waals surface area contributed by atoms with Crippen molar-refractivity contribution in [1.29, 1.82) is 0 Å². The van der Waals surface area contributed by atoms with Gasteiger partial charge in [0.2, 0.25) is 7.58 Å². The Kier molecular flexibility index (Phi) is 13.9. The number of hydrogen-bond donors (Lipinski definition) is 1. The van der Waals surface area contributed by atoms with E-state index in [-0.39, 0.29) is 0 Å². The van der Waals surface area contributed by atoms with Crippen LogP contribution < -0.4 is 0 Å². The third kappa shape index (κ3) is 12.5. The first-order chi connectivity index (χ1) is 7.81. The van der Waals surface area contributed by atoms with Gasteiger partial charge in [-0.15, -0.1) is 6.58 Å². The van der Waals surface area contributed by atoms with Crippen molar-refractivity contribution in [3.05, 3.63) is 12.7 Å². The first kappa shape index (κ1) is 16.4. The molecular formula is C12H25O2PS. The maximum absolute atomic E-state index is 5.47. The van der Waals surface area contributed by atoms with Crippen molar-refractivity contribution >= 4 is 19.8 Å². The van der Waals surface area contributed by atoms with E-state index in [0.717, 1.165) is 19.4 Å². The Morgan fingerprint density at radius 2 is 1.69 bits per heavy atom. The molecule has 0 radical (unpaired) electrons. The molecule has 0 fully saturated rings. The molecule has 0 aromatic rings. The molecule has 4 heteroatoms. The van der Waals surface area contributed by atoms with Crippen molar-refractivity contribution in [3.63, 3.8) is 0 Å². The Hall–Kier alpha value is 0.440. The molecule has 0 rings (SSSR count). The van der Waals surface area contributed by atoms with Crippen molar-refractivity contribution in [1.82, 2.24) is 0 Å². The Labute approximate surface area is 107 Å². The van der Waals surface area contributed by atoms with Crippen molar-refractivity contribution in [2.75, 3.05) is 13.2 Å². The lowest BCUT2D eigenvalue weighted by atomic mass is 10.1. The fourth-order valence-electron chi connectivity index (χ4n) is 1.28. The summed E-state index contributed by atoms with van der Waals surface area (Å²) in [5.41, 5.74) is 0. The fourth-order valence-corrected chi connectivity index (χ4v) is 2.39. The zero-order chi connectivity index (χ0) is 12.1. The van der Waals surface area contributed by atoms with Crippen LogP contribution in [-0.2, 0) is 9.05 Å². The molecule has 0 aliphatic carbocycles. The van der Waals surface area contributed by atoms with Crippen LogP contribution in [0.15, 0.2) is 12.7 Å². The quantitative estimate of drug-likeness (QED) is 0.228. The predicted molar refractivity (Wildman–Crippen MR) is 76.0 cm³/mol. The number of rotatable bonds is 12. The molecule has 0 aliphatic heterocycles. The van der Waals surface area contributed by atoms with Gasteiger partial charge in [0.25, 0.3) is 0 Å². The molecule has 0 aromatic heterocycles. The Morgan fingerprint density at radius 1 is 1.06 bits per heavy atom. The Bertz CT molecular complexity index is 156. The van der Waals surface area contributed by atoms with E-state index < -0.39 is 7.58 Å². The van der Waals surface area contributed by atoms with Crippen LogP contribution in [0.4, 0.5) is 0 Å². The van der Waals surface area contributed by atoms with E-state index in [4.69, 9.17) is 9.05 Å². The molecule has 0 aliphatic rings. The highest BCUT2D eigenvalue weighted by Gasteiger charge is 2.02. The van der Waals surface area contributed by atoms with Crippen molar-refractivity contribution in [2.24, 2.45) is 0 Å². The summed E-state index contributed by atoms with van der Waals surface area (Å²) in [5, 5.41) is 0. The molecule has 0 bridgehead atoms. The fraction of sp³-hybridized carbons (Fsp3) is 0.833. The lowest BCUT2D eigenvalue weighted by Gasteiger charge is -2.10. The van der Waals surface area contributed by atoms with Gasteiger partial charge in [-0.05, 0) is 12.8 Å². The second-order valence-corrected chi connectivity index (χ2v) is 5.72. The van der Waals surface area contributed by atoms with E-state index >= 15 is 0 Å². The largest absolute Gasteiger partial charge is 0.326 e. The molecule has 0 amide bonds. The van der Waals surface area contributed by atoms with Gasteiger partial charge in [0, 0.05) is 0 Å². The molecule has 0 saturated carbocycles. The zero-order valence-corrected chi connectivity index (χ0v) is 12.1. The summed E-state index contributed by atoms with van der Waals surface area (Å²) < 4.78 is 10.8. The summed E-state index contributed by atoms with van der Waals surface area (Å²) in [6.07, 6.45) is 10.4. The van der Waals surface area contributed by atoms with Crippen LogP contribution in [0.2, 0.25) is 0 Å². The van der Waals surface area contributed by atoms with Crippen LogP contribution in [0.5, 0.6) is 0 Å². The molecule has 16 heavy (non-hydrogen) atoms. The molecule has 96 valence electrons. The smallest absolute Gasteiger partial charge is 0.234 e. The molecular weight excluding hydrogens is 239 g/mol. The maximum atomic E-state index is 5.47. The monoisotopic (exact) mass is 264 g/mol. The summed E-state index contributed by atoms with van der Waals surface area (Å²) in [6, 6.07) is 0. The molecule has 1 unspecified atom stereocenters. The van der Waals surface area contributed by atoms with Crippen LogP contribution in [0.3, 0.4) is 0 Å². The van der Waals surface area contributed by atoms with E-state index in [2.05, 4.69) is 25.8 Å². The van der Waals surface area contributed by atoms with Crippen molar-refractivity contribution in [2.45, 2.75) is 51.9 Å². The van der Waals surface area contributed by atoms with E-state index in [1.807, 2.05) is 6.08 Å². The number of hydrogen-bond acceptors (Lipinski definition) is 3. The average molecular weight is 264 g/mol. The van der Waals surface area contributed by atoms with Gasteiger partial charge in [0.15, 0.2) is 0 Å². The molecule has 1 atom stereocenters. The van der Waals surface area contributed by atoms with Crippen molar-refractivity contribution < 1.29 is 9.05 Å². The van der Waals surface area contributed by atoms with Crippen LogP contribution >= 0.6 is 19.8 Å². The summed E-state index contributed by atoms with van der Waals surface area (Å²) in [6.45, 7) is 7.30. The van der Waals surface area contributed by atoms with Gasteiger partial charge in [-0.25, -0.2) is 0 Å². The summed E-state index contributed by atoms with van der Waals surface area (Å²) in [5.74, 6) is 0. The minimum absolute atomic E-state index is 0.662. The Morgan fingerprint density at radius 3 is 2.38 bits per heavy atom. The van der Waals surface area contributed by atoms with E-state index in [0.29, 0.717) is 6.61 Å². The second kappa shape index (κ2) is 13.5. The van der Waals surface area contributed by atoms with Gasteiger partial charge in [-0.2, -0.15) is 0 Å². The minimum atomic E-state index is -0.973. The molecule has 0 heterocycles. The number of thiol groups is 1. The highest BCUT2D eigenvalue weighted by molar-refractivity contribution is 8.41. The normalized spacial score (nSPS) is 12.6. The van der Waals surface area contributed by atoms with Gasteiger partial charge < -0.3 is 9.05 Å². The average Bonchev–Trinajstić information content (AvgIpc) is 2.28. The third-order valence-corrected chi connectivity index (χ3v) is 3.72. The lowest BCUT2D eigenvalue weighted by Crippen LogP contribution is -1.92. The summed E-state index contributed by atoms with van der Waals surface area (Å²) >= 11 is 4.25.